The van der Waals surface area contributed by atoms with Crippen LogP contribution in [0.3, 0.4) is 0 Å². The highest BCUT2D eigenvalue weighted by Gasteiger charge is 2.64. The molecule has 1 nitrogen and oxygen atoms in total. The first-order valence-electron chi connectivity index (χ1n) is 5.43. The minimum Gasteiger partial charge on any atom is -0.317 e. The van der Waals surface area contributed by atoms with Crippen LogP contribution in [0, 0.1) is 23.2 Å². The molecule has 3 aliphatic carbocycles. The van der Waals surface area contributed by atoms with Crippen LogP contribution in [0.15, 0.2) is 0 Å². The Morgan fingerprint density at radius 2 is 2.17 bits per heavy atom. The van der Waals surface area contributed by atoms with E-state index in [1.807, 2.05) is 0 Å². The average Bonchev–Trinajstić information content (AvgIpc) is 2.61. The van der Waals surface area contributed by atoms with Gasteiger partial charge in [-0.15, -0.1) is 0 Å². The largest absolute Gasteiger partial charge is 0.317 e. The topological polar surface area (TPSA) is 12.0 Å². The van der Waals surface area contributed by atoms with Crippen LogP contribution < -0.4 is 5.32 Å². The van der Waals surface area contributed by atoms with Crippen molar-refractivity contribution >= 4 is 0 Å². The Hall–Kier alpha value is -0.0400. The molecule has 0 bridgehead atoms. The molecule has 0 spiro atoms. The fourth-order valence-electron chi connectivity index (χ4n) is 3.95. The third-order valence-corrected chi connectivity index (χ3v) is 5.07. The van der Waals surface area contributed by atoms with Crippen LogP contribution in [0.4, 0.5) is 0 Å². The van der Waals surface area contributed by atoms with E-state index in [1.165, 1.54) is 19.3 Å². The Labute approximate surface area is 74.9 Å². The quantitative estimate of drug-likeness (QED) is 0.627. The minimum atomic E-state index is 0.802. The molecule has 0 radical (unpaired) electrons. The van der Waals surface area contributed by atoms with Crippen molar-refractivity contribution in [1.29, 1.82) is 0 Å². The van der Waals surface area contributed by atoms with Crippen molar-refractivity contribution in [3.8, 4) is 0 Å². The maximum Gasteiger partial charge on any atom is 0.00981 e. The lowest BCUT2D eigenvalue weighted by Crippen LogP contribution is -2.53. The van der Waals surface area contributed by atoms with Gasteiger partial charge in [0.05, 0.1) is 0 Å². The van der Waals surface area contributed by atoms with Gasteiger partial charge in [0.25, 0.3) is 0 Å². The zero-order valence-electron chi connectivity index (χ0n) is 8.14. The van der Waals surface area contributed by atoms with Crippen molar-refractivity contribution in [1.82, 2.24) is 5.32 Å². The van der Waals surface area contributed by atoms with Crippen LogP contribution in [0.1, 0.15) is 32.6 Å². The zero-order valence-corrected chi connectivity index (χ0v) is 8.14. The first-order chi connectivity index (χ1) is 5.75. The van der Waals surface area contributed by atoms with Crippen molar-refractivity contribution in [3.63, 3.8) is 0 Å². The van der Waals surface area contributed by atoms with E-state index in [0.29, 0.717) is 0 Å². The van der Waals surface area contributed by atoms with Gasteiger partial charge in [-0.25, -0.2) is 0 Å². The summed E-state index contributed by atoms with van der Waals surface area (Å²) in [6.45, 7) is 2.53. The third kappa shape index (κ3) is 0.693. The van der Waals surface area contributed by atoms with E-state index in [4.69, 9.17) is 0 Å². The molecule has 0 heterocycles. The molecule has 0 amide bonds. The van der Waals surface area contributed by atoms with E-state index in [2.05, 4.69) is 19.3 Å². The Balaban J connectivity index is 1.77. The number of fused-ring (bicyclic) bond motifs is 3. The first-order valence-corrected chi connectivity index (χ1v) is 5.43. The summed E-state index contributed by atoms with van der Waals surface area (Å²) in [6.07, 6.45) is 6.05. The van der Waals surface area contributed by atoms with Crippen LogP contribution in [0.2, 0.25) is 0 Å². The number of nitrogens with one attached hydrogen (secondary N) is 1. The second-order valence-corrected chi connectivity index (χ2v) is 5.39. The second-order valence-electron chi connectivity index (χ2n) is 5.39. The van der Waals surface area contributed by atoms with Crippen molar-refractivity contribution in [3.05, 3.63) is 0 Å². The van der Waals surface area contributed by atoms with Crippen LogP contribution in [0.25, 0.3) is 0 Å². The van der Waals surface area contributed by atoms with Gasteiger partial charge in [-0.05, 0) is 55.9 Å². The van der Waals surface area contributed by atoms with Gasteiger partial charge in [0.15, 0.2) is 0 Å². The fraction of sp³-hybridized carbons (Fsp3) is 1.00. The first kappa shape index (κ1) is 7.37. The summed E-state index contributed by atoms with van der Waals surface area (Å²) >= 11 is 0. The maximum atomic E-state index is 3.46. The summed E-state index contributed by atoms with van der Waals surface area (Å²) in [5.41, 5.74) is 0.802. The molecule has 0 aromatic carbocycles. The normalized spacial score (nSPS) is 61.5. The minimum absolute atomic E-state index is 0.802. The molecular weight excluding hydrogens is 146 g/mol. The molecule has 1 N–H and O–H groups in total. The molecule has 68 valence electrons. The highest BCUT2D eigenvalue weighted by Crippen LogP contribution is 2.70. The molecule has 5 atom stereocenters. The average molecular weight is 165 g/mol. The van der Waals surface area contributed by atoms with E-state index >= 15 is 0 Å². The Bertz CT molecular complexity index is 213. The van der Waals surface area contributed by atoms with Crippen molar-refractivity contribution < 1.29 is 0 Å². The predicted molar refractivity (Wildman–Crippen MR) is 49.9 cm³/mol. The Kier molecular flexibility index (Phi) is 1.27. The Morgan fingerprint density at radius 3 is 2.92 bits per heavy atom. The molecule has 0 aromatic heterocycles. The smallest absolute Gasteiger partial charge is 0.00981 e. The molecule has 0 aliphatic heterocycles. The van der Waals surface area contributed by atoms with Crippen LogP contribution >= 0.6 is 0 Å². The molecule has 3 rings (SSSR count). The van der Waals surface area contributed by atoms with E-state index in [-0.39, 0.29) is 0 Å². The highest BCUT2D eigenvalue weighted by molar-refractivity contribution is 5.14. The molecule has 5 unspecified atom stereocenters. The van der Waals surface area contributed by atoms with Crippen molar-refractivity contribution in [2.75, 3.05) is 7.05 Å². The lowest BCUT2D eigenvalue weighted by atomic mass is 9.57. The second kappa shape index (κ2) is 2.06. The molecule has 3 fully saturated rings. The summed E-state index contributed by atoms with van der Waals surface area (Å²) in [5, 5.41) is 3.46. The van der Waals surface area contributed by atoms with Crippen molar-refractivity contribution in [2.45, 2.75) is 38.6 Å². The number of hydrogen-bond donors (Lipinski definition) is 1. The van der Waals surface area contributed by atoms with Gasteiger partial charge in [0.1, 0.15) is 0 Å². The van der Waals surface area contributed by atoms with Crippen LogP contribution in [-0.2, 0) is 0 Å². The number of hydrogen-bond acceptors (Lipinski definition) is 1. The molecular formula is C11H19N. The van der Waals surface area contributed by atoms with E-state index in [0.717, 1.165) is 29.2 Å². The molecule has 0 saturated heterocycles. The van der Waals surface area contributed by atoms with Gasteiger partial charge in [-0.1, -0.05) is 6.92 Å². The highest BCUT2D eigenvalue weighted by atomic mass is 14.9. The lowest BCUT2D eigenvalue weighted by Gasteiger charge is -2.51. The monoisotopic (exact) mass is 165 g/mol. The summed E-state index contributed by atoms with van der Waals surface area (Å²) in [5.74, 6) is 3.25. The lowest BCUT2D eigenvalue weighted by molar-refractivity contribution is 0.0104. The van der Waals surface area contributed by atoms with E-state index in [1.54, 1.807) is 6.42 Å². The Morgan fingerprint density at radius 1 is 1.33 bits per heavy atom. The summed E-state index contributed by atoms with van der Waals surface area (Å²) in [7, 11) is 2.13. The van der Waals surface area contributed by atoms with Gasteiger partial charge in [-0.2, -0.15) is 0 Å². The SMILES string of the molecule is CNC1CC2C1CCC1CC12C. The van der Waals surface area contributed by atoms with Crippen LogP contribution in [0.5, 0.6) is 0 Å². The molecule has 0 aromatic rings. The van der Waals surface area contributed by atoms with Crippen molar-refractivity contribution in [2.24, 2.45) is 23.2 Å². The van der Waals surface area contributed by atoms with Gasteiger partial charge >= 0.3 is 0 Å². The van der Waals surface area contributed by atoms with Gasteiger partial charge in [0.2, 0.25) is 0 Å². The third-order valence-electron chi connectivity index (χ3n) is 5.07. The summed E-state index contributed by atoms with van der Waals surface area (Å²) < 4.78 is 0. The van der Waals surface area contributed by atoms with Gasteiger partial charge in [-0.3, -0.25) is 0 Å². The zero-order chi connectivity index (χ0) is 8.34. The standard InChI is InChI=1S/C11H19N/c1-11-6-7(11)3-4-8-9(11)5-10(8)12-2/h7-10,12H,3-6H2,1-2H3. The summed E-state index contributed by atoms with van der Waals surface area (Å²) in [4.78, 5) is 0. The van der Waals surface area contributed by atoms with E-state index in [9.17, 15) is 0 Å². The summed E-state index contributed by atoms with van der Waals surface area (Å²) in [6, 6.07) is 0.869. The van der Waals surface area contributed by atoms with E-state index < -0.39 is 0 Å². The van der Waals surface area contributed by atoms with Gasteiger partial charge in [0, 0.05) is 6.04 Å². The maximum absolute atomic E-state index is 3.46. The van der Waals surface area contributed by atoms with Crippen LogP contribution in [-0.4, -0.2) is 13.1 Å². The number of rotatable bonds is 1. The molecule has 1 heteroatoms. The molecule has 3 aliphatic rings. The fourth-order valence-corrected chi connectivity index (χ4v) is 3.95. The molecule has 3 saturated carbocycles. The predicted octanol–water partition coefficient (Wildman–Crippen LogP) is 2.03. The molecule has 12 heavy (non-hydrogen) atoms. The van der Waals surface area contributed by atoms with Gasteiger partial charge < -0.3 is 5.32 Å².